The van der Waals surface area contributed by atoms with E-state index in [-0.39, 0.29) is 28.3 Å². The average Bonchev–Trinajstić information content (AvgIpc) is 3.02. The Balaban J connectivity index is 0.000000295. The van der Waals surface area contributed by atoms with Crippen LogP contribution in [0.1, 0.15) is 113 Å². The molecule has 7 nitrogen and oxygen atoms in total. The Kier molecular flexibility index (Phi) is 13.3. The van der Waals surface area contributed by atoms with Crippen LogP contribution >= 0.6 is 0 Å². The molecule has 0 spiro atoms. The summed E-state index contributed by atoms with van der Waals surface area (Å²) in [5, 5.41) is 30.0. The molecule has 0 aliphatic heterocycles. The maximum Gasteiger partial charge on any atom is 1.00 e. The molecule has 3 aromatic carbocycles. The molecule has 1 fully saturated rings. The van der Waals surface area contributed by atoms with E-state index in [1.54, 1.807) is 6.07 Å². The van der Waals surface area contributed by atoms with Crippen molar-refractivity contribution >= 4 is 28.8 Å². The van der Waals surface area contributed by atoms with Gasteiger partial charge in [-0.05, 0) is 120 Å². The van der Waals surface area contributed by atoms with Crippen molar-refractivity contribution < 1.29 is 36.9 Å². The fourth-order valence-electron chi connectivity index (χ4n) is 6.55. The number of hydrogen-bond donors (Lipinski definition) is 2. The summed E-state index contributed by atoms with van der Waals surface area (Å²) in [6.07, 6.45) is 5.15. The van der Waals surface area contributed by atoms with Gasteiger partial charge in [0.05, 0.1) is 40.2 Å². The predicted octanol–water partition coefficient (Wildman–Crippen LogP) is 8.72. The molecule has 1 saturated carbocycles. The standard InChI is InChI=1S/C27H31N3.C13H16O4.Co/c1-16-12-18(3)26(19(4)13-16)28-22(7)24-10-9-11-25(30-24)23(8)29-27-20(5)14-17(2)15-21(27)6;14-10-7-6-9(8-4-2-1-3-5-8)11(12(10)15)13(16)17;/h9-15H,1-8H3;6-8,14-15H,1-5H2,(H,16,17);/q;;+1/p-1. The predicted molar refractivity (Wildman–Crippen MR) is 189 cm³/mol. The first-order valence-electron chi connectivity index (χ1n) is 16.3. The number of benzene rings is 3. The number of nitrogens with zero attached hydrogens (tertiary/aromatic N) is 3. The fraction of sp³-hybridized carbons (Fsp3) is 0.350. The molecule has 1 heterocycles. The number of aliphatic imine (C=N–C) groups is 2. The summed E-state index contributed by atoms with van der Waals surface area (Å²) in [5.74, 6) is -2.28. The molecule has 5 rings (SSSR count). The Morgan fingerprint density at radius 2 is 1.17 bits per heavy atom. The van der Waals surface area contributed by atoms with Crippen LogP contribution in [0, 0.1) is 41.5 Å². The van der Waals surface area contributed by atoms with Crippen LogP contribution in [0.15, 0.2) is 64.6 Å². The van der Waals surface area contributed by atoms with Crippen LogP contribution in [0.4, 0.5) is 11.4 Å². The van der Waals surface area contributed by atoms with Crippen molar-refractivity contribution in [3.8, 4) is 11.5 Å². The summed E-state index contributed by atoms with van der Waals surface area (Å²) < 4.78 is 0. The maximum absolute atomic E-state index is 11.1. The molecule has 1 aliphatic carbocycles. The number of aromatic hydroxyl groups is 2. The van der Waals surface area contributed by atoms with Crippen molar-refractivity contribution in [1.82, 2.24) is 4.98 Å². The Morgan fingerprint density at radius 3 is 1.58 bits per heavy atom. The summed E-state index contributed by atoms with van der Waals surface area (Å²) in [6, 6.07) is 17.7. The molecule has 1 aliphatic rings. The van der Waals surface area contributed by atoms with Crippen molar-refractivity contribution in [3.63, 3.8) is 0 Å². The zero-order chi connectivity index (χ0) is 34.4. The number of carboxylic acids is 1. The molecular weight excluding hydrogens is 645 g/mol. The Bertz CT molecular complexity index is 1720. The van der Waals surface area contributed by atoms with Gasteiger partial charge in [0, 0.05) is 5.56 Å². The minimum Gasteiger partial charge on any atom is -0.545 e. The monoisotopic (exact) mass is 691 g/mol. The van der Waals surface area contributed by atoms with E-state index in [2.05, 4.69) is 65.8 Å². The van der Waals surface area contributed by atoms with Gasteiger partial charge in [0.25, 0.3) is 0 Å². The number of rotatable bonds is 6. The fourth-order valence-corrected chi connectivity index (χ4v) is 6.55. The average molecular weight is 692 g/mol. The van der Waals surface area contributed by atoms with Gasteiger partial charge in [-0.2, -0.15) is 0 Å². The minimum atomic E-state index is -1.43. The third-order valence-electron chi connectivity index (χ3n) is 8.76. The third kappa shape index (κ3) is 9.20. The summed E-state index contributed by atoms with van der Waals surface area (Å²) in [7, 11) is 0. The van der Waals surface area contributed by atoms with E-state index in [0.29, 0.717) is 5.56 Å². The Labute approximate surface area is 295 Å². The number of aryl methyl sites for hydroxylation is 6. The van der Waals surface area contributed by atoms with Crippen LogP contribution in [0.3, 0.4) is 0 Å². The van der Waals surface area contributed by atoms with Crippen molar-refractivity contribution in [2.24, 2.45) is 9.98 Å². The molecule has 8 heteroatoms. The van der Waals surface area contributed by atoms with Crippen LogP contribution in [0.5, 0.6) is 11.5 Å². The molecular formula is C40H46CoN3O4. The van der Waals surface area contributed by atoms with Crippen LogP contribution in [-0.2, 0) is 16.8 Å². The van der Waals surface area contributed by atoms with E-state index in [1.807, 2.05) is 32.0 Å². The van der Waals surface area contributed by atoms with Gasteiger partial charge in [-0.3, -0.25) is 9.98 Å². The summed E-state index contributed by atoms with van der Waals surface area (Å²) in [6.45, 7) is 16.7. The van der Waals surface area contributed by atoms with Crippen molar-refractivity contribution in [2.45, 2.75) is 93.4 Å². The van der Waals surface area contributed by atoms with E-state index in [0.717, 1.165) is 59.9 Å². The molecule has 0 radical (unpaired) electrons. The summed E-state index contributed by atoms with van der Waals surface area (Å²) in [4.78, 5) is 25.7. The molecule has 0 saturated heterocycles. The molecule has 2 N–H and O–H groups in total. The number of aromatic nitrogens is 1. The van der Waals surface area contributed by atoms with Gasteiger partial charge < -0.3 is 20.1 Å². The molecule has 0 bridgehead atoms. The van der Waals surface area contributed by atoms with Gasteiger partial charge in [0.15, 0.2) is 11.5 Å². The second-order valence-electron chi connectivity index (χ2n) is 12.8. The largest absolute Gasteiger partial charge is 1.00 e. The number of carboxylic acid groups (broad SMARTS) is 1. The summed E-state index contributed by atoms with van der Waals surface area (Å²) >= 11 is 0. The molecule has 1 aromatic heterocycles. The SMILES string of the molecule is CC(=Nc1c(C)cc(C)cc1C)c1cccc(C(C)=Nc2c(C)cc(C)cc2C)n1.O=C([O-])c1c(C2CCCCC2)ccc(O)c1O.[Co+]. The number of carbonyl (C=O) groups is 1. The molecule has 0 unspecified atom stereocenters. The smallest absolute Gasteiger partial charge is 0.545 e. The number of carbonyl (C=O) groups excluding carboxylic acids is 1. The number of pyridine rings is 1. The van der Waals surface area contributed by atoms with Gasteiger partial charge >= 0.3 is 16.8 Å². The maximum atomic E-state index is 11.1. The van der Waals surface area contributed by atoms with Gasteiger partial charge in [0.2, 0.25) is 0 Å². The van der Waals surface area contributed by atoms with Crippen LogP contribution in [0.2, 0.25) is 0 Å². The first-order valence-corrected chi connectivity index (χ1v) is 16.3. The topological polar surface area (TPSA) is 118 Å². The second kappa shape index (κ2) is 16.7. The number of hydrogen-bond acceptors (Lipinski definition) is 7. The van der Waals surface area contributed by atoms with E-state index in [9.17, 15) is 20.1 Å². The van der Waals surface area contributed by atoms with Crippen molar-refractivity contribution in [1.29, 1.82) is 0 Å². The summed E-state index contributed by atoms with van der Waals surface area (Å²) in [5.41, 5.74) is 13.2. The quantitative estimate of drug-likeness (QED) is 0.155. The minimum absolute atomic E-state index is 0. The van der Waals surface area contributed by atoms with E-state index >= 15 is 0 Å². The molecule has 0 amide bonds. The molecule has 48 heavy (non-hydrogen) atoms. The zero-order valence-electron chi connectivity index (χ0n) is 29.2. The van der Waals surface area contributed by atoms with Gasteiger partial charge in [0.1, 0.15) is 0 Å². The van der Waals surface area contributed by atoms with Crippen molar-refractivity contribution in [2.75, 3.05) is 0 Å². The Morgan fingerprint density at radius 1 is 0.729 bits per heavy atom. The van der Waals surface area contributed by atoms with Crippen LogP contribution in [-0.4, -0.2) is 32.6 Å². The van der Waals surface area contributed by atoms with Crippen LogP contribution in [0.25, 0.3) is 0 Å². The number of aromatic carboxylic acids is 1. The first kappa shape index (κ1) is 38.2. The normalized spacial score (nSPS) is 13.8. The number of phenols is 2. The molecule has 0 atom stereocenters. The second-order valence-corrected chi connectivity index (χ2v) is 12.8. The molecule has 4 aromatic rings. The third-order valence-corrected chi connectivity index (χ3v) is 8.76. The molecule has 254 valence electrons. The van der Waals surface area contributed by atoms with Gasteiger partial charge in [-0.15, -0.1) is 0 Å². The van der Waals surface area contributed by atoms with Gasteiger partial charge in [-0.25, -0.2) is 4.98 Å². The Hall–Kier alpha value is -4.27. The zero-order valence-corrected chi connectivity index (χ0v) is 30.2. The van der Waals surface area contributed by atoms with Crippen molar-refractivity contribution in [3.05, 3.63) is 110 Å². The first-order chi connectivity index (χ1) is 22.3. The van der Waals surface area contributed by atoms with E-state index < -0.39 is 17.5 Å². The van der Waals surface area contributed by atoms with E-state index in [4.69, 9.17) is 15.0 Å². The van der Waals surface area contributed by atoms with E-state index in [1.165, 1.54) is 45.9 Å². The number of phenolic OH excluding ortho intramolecular Hbond substituents is 1. The van der Waals surface area contributed by atoms with Crippen LogP contribution < -0.4 is 5.11 Å². The van der Waals surface area contributed by atoms with Gasteiger partial charge in [-0.1, -0.05) is 66.8 Å².